The van der Waals surface area contributed by atoms with Crippen LogP contribution < -0.4 is 5.32 Å². The normalized spacial score (nSPS) is 16.1. The highest BCUT2D eigenvalue weighted by Crippen LogP contribution is 2.18. The van der Waals surface area contributed by atoms with Gasteiger partial charge in [-0.3, -0.25) is 4.79 Å². The molecule has 0 aromatic rings. The van der Waals surface area contributed by atoms with E-state index in [1.807, 2.05) is 6.92 Å². The molecule has 0 aliphatic heterocycles. The summed E-state index contributed by atoms with van der Waals surface area (Å²) in [6.07, 6.45) is 4.06. The van der Waals surface area contributed by atoms with Crippen LogP contribution in [-0.4, -0.2) is 25.2 Å². The fourth-order valence-corrected chi connectivity index (χ4v) is 1.06. The third kappa shape index (κ3) is 4.34. The quantitative estimate of drug-likeness (QED) is 0.480. The Bertz CT molecular complexity index is 143. The second-order valence-corrected chi connectivity index (χ2v) is 3.14. The van der Waals surface area contributed by atoms with E-state index in [9.17, 15) is 4.79 Å². The van der Waals surface area contributed by atoms with Gasteiger partial charge in [0.25, 0.3) is 0 Å². The molecule has 0 saturated heterocycles. The molecule has 70 valence electrons. The molecule has 0 radical (unpaired) electrons. The second kappa shape index (κ2) is 5.14. The van der Waals surface area contributed by atoms with Gasteiger partial charge in [0, 0.05) is 12.5 Å². The average Bonchev–Trinajstić information content (AvgIpc) is 2.82. The maximum absolute atomic E-state index is 10.9. The van der Waals surface area contributed by atoms with Crippen LogP contribution in [0.4, 0.5) is 0 Å². The SMILES string of the molecule is CCOC(=O)CCCNC1CC1. The number of nitrogens with one attached hydrogen (secondary N) is 1. The minimum Gasteiger partial charge on any atom is -0.466 e. The molecule has 0 amide bonds. The number of carbonyl (C=O) groups is 1. The minimum atomic E-state index is -0.0740. The van der Waals surface area contributed by atoms with E-state index in [1.54, 1.807) is 0 Å². The van der Waals surface area contributed by atoms with E-state index < -0.39 is 0 Å². The number of ether oxygens (including phenoxy) is 1. The van der Waals surface area contributed by atoms with E-state index in [2.05, 4.69) is 5.32 Å². The molecular weight excluding hydrogens is 154 g/mol. The summed E-state index contributed by atoms with van der Waals surface area (Å²) < 4.78 is 4.80. The van der Waals surface area contributed by atoms with Crippen molar-refractivity contribution in [2.75, 3.05) is 13.2 Å². The zero-order valence-corrected chi connectivity index (χ0v) is 7.64. The minimum absolute atomic E-state index is 0.0740. The molecule has 1 rings (SSSR count). The Morgan fingerprint density at radius 3 is 2.92 bits per heavy atom. The predicted octanol–water partition coefficient (Wildman–Crippen LogP) is 1.08. The summed E-state index contributed by atoms with van der Waals surface area (Å²) in [4.78, 5) is 10.9. The van der Waals surface area contributed by atoms with Gasteiger partial charge in [0.15, 0.2) is 0 Å². The number of esters is 1. The molecule has 0 heterocycles. The van der Waals surface area contributed by atoms with E-state index in [4.69, 9.17) is 4.74 Å². The molecule has 3 heteroatoms. The molecular formula is C9H17NO2. The van der Waals surface area contributed by atoms with Crippen LogP contribution in [0.2, 0.25) is 0 Å². The summed E-state index contributed by atoms with van der Waals surface area (Å²) in [6, 6.07) is 0.743. The van der Waals surface area contributed by atoms with Crippen LogP contribution in [0.1, 0.15) is 32.6 Å². The van der Waals surface area contributed by atoms with E-state index in [1.165, 1.54) is 12.8 Å². The lowest BCUT2D eigenvalue weighted by atomic mass is 10.3. The predicted molar refractivity (Wildman–Crippen MR) is 46.9 cm³/mol. The van der Waals surface area contributed by atoms with Crippen molar-refractivity contribution in [2.45, 2.75) is 38.6 Å². The first-order valence-corrected chi connectivity index (χ1v) is 4.72. The third-order valence-corrected chi connectivity index (χ3v) is 1.87. The van der Waals surface area contributed by atoms with Crippen molar-refractivity contribution >= 4 is 5.97 Å². The number of rotatable bonds is 6. The molecule has 12 heavy (non-hydrogen) atoms. The van der Waals surface area contributed by atoms with Crippen molar-refractivity contribution in [1.29, 1.82) is 0 Å². The Morgan fingerprint density at radius 1 is 1.58 bits per heavy atom. The van der Waals surface area contributed by atoms with Gasteiger partial charge in [0.2, 0.25) is 0 Å². The van der Waals surface area contributed by atoms with E-state index in [0.29, 0.717) is 13.0 Å². The third-order valence-electron chi connectivity index (χ3n) is 1.87. The zero-order valence-electron chi connectivity index (χ0n) is 7.64. The summed E-state index contributed by atoms with van der Waals surface area (Å²) in [6.45, 7) is 3.28. The Kier molecular flexibility index (Phi) is 4.08. The maximum atomic E-state index is 10.9. The molecule has 0 aromatic heterocycles. The van der Waals surface area contributed by atoms with Crippen LogP contribution in [0.25, 0.3) is 0 Å². The van der Waals surface area contributed by atoms with Crippen LogP contribution in [0.15, 0.2) is 0 Å². The number of hydrogen-bond donors (Lipinski definition) is 1. The van der Waals surface area contributed by atoms with Gasteiger partial charge >= 0.3 is 5.97 Å². The first-order chi connectivity index (χ1) is 5.83. The molecule has 0 unspecified atom stereocenters. The number of carbonyl (C=O) groups excluding carboxylic acids is 1. The largest absolute Gasteiger partial charge is 0.466 e. The molecule has 1 saturated carbocycles. The average molecular weight is 171 g/mol. The highest BCUT2D eigenvalue weighted by atomic mass is 16.5. The topological polar surface area (TPSA) is 38.3 Å². The summed E-state index contributed by atoms with van der Waals surface area (Å²) in [5.74, 6) is -0.0740. The molecule has 0 bridgehead atoms. The smallest absolute Gasteiger partial charge is 0.305 e. The second-order valence-electron chi connectivity index (χ2n) is 3.14. The van der Waals surface area contributed by atoms with Gasteiger partial charge in [-0.25, -0.2) is 0 Å². The highest BCUT2D eigenvalue weighted by Gasteiger charge is 2.19. The summed E-state index contributed by atoms with van der Waals surface area (Å²) in [5.41, 5.74) is 0. The van der Waals surface area contributed by atoms with Gasteiger partial charge in [-0.15, -0.1) is 0 Å². The molecule has 1 fully saturated rings. The Hall–Kier alpha value is -0.570. The summed E-state index contributed by atoms with van der Waals surface area (Å²) in [7, 11) is 0. The van der Waals surface area contributed by atoms with Crippen LogP contribution in [-0.2, 0) is 9.53 Å². The van der Waals surface area contributed by atoms with Crippen molar-refractivity contribution in [1.82, 2.24) is 5.32 Å². The van der Waals surface area contributed by atoms with Crippen molar-refractivity contribution in [3.05, 3.63) is 0 Å². The fourth-order valence-electron chi connectivity index (χ4n) is 1.06. The summed E-state index contributed by atoms with van der Waals surface area (Å²) in [5, 5.41) is 3.35. The first-order valence-electron chi connectivity index (χ1n) is 4.72. The molecule has 1 aliphatic carbocycles. The van der Waals surface area contributed by atoms with Gasteiger partial charge in [-0.1, -0.05) is 0 Å². The molecule has 1 aliphatic rings. The van der Waals surface area contributed by atoms with Gasteiger partial charge in [-0.2, -0.15) is 0 Å². The van der Waals surface area contributed by atoms with Crippen LogP contribution >= 0.6 is 0 Å². The molecule has 0 spiro atoms. The molecule has 1 N–H and O–H groups in total. The van der Waals surface area contributed by atoms with Crippen LogP contribution in [0, 0.1) is 0 Å². The first kappa shape index (κ1) is 9.52. The maximum Gasteiger partial charge on any atom is 0.305 e. The Morgan fingerprint density at radius 2 is 2.33 bits per heavy atom. The monoisotopic (exact) mass is 171 g/mol. The number of hydrogen-bond acceptors (Lipinski definition) is 3. The molecule has 3 nitrogen and oxygen atoms in total. The van der Waals surface area contributed by atoms with Crippen molar-refractivity contribution in [3.8, 4) is 0 Å². The lowest BCUT2D eigenvalue weighted by Gasteiger charge is -2.02. The molecule has 0 aromatic carbocycles. The van der Waals surface area contributed by atoms with E-state index >= 15 is 0 Å². The molecule has 0 atom stereocenters. The zero-order chi connectivity index (χ0) is 8.81. The highest BCUT2D eigenvalue weighted by molar-refractivity contribution is 5.69. The van der Waals surface area contributed by atoms with Gasteiger partial charge in [0.1, 0.15) is 0 Å². The Labute approximate surface area is 73.5 Å². The van der Waals surface area contributed by atoms with Gasteiger partial charge in [0.05, 0.1) is 6.61 Å². The van der Waals surface area contributed by atoms with E-state index in [-0.39, 0.29) is 5.97 Å². The van der Waals surface area contributed by atoms with Crippen molar-refractivity contribution in [3.63, 3.8) is 0 Å². The Balaban J connectivity index is 1.83. The van der Waals surface area contributed by atoms with Crippen LogP contribution in [0.5, 0.6) is 0 Å². The van der Waals surface area contributed by atoms with Gasteiger partial charge < -0.3 is 10.1 Å². The lowest BCUT2D eigenvalue weighted by molar-refractivity contribution is -0.143. The van der Waals surface area contributed by atoms with Crippen molar-refractivity contribution in [2.24, 2.45) is 0 Å². The van der Waals surface area contributed by atoms with Crippen molar-refractivity contribution < 1.29 is 9.53 Å². The standard InChI is InChI=1S/C9H17NO2/c1-2-12-9(11)4-3-7-10-8-5-6-8/h8,10H,2-7H2,1H3. The summed E-state index contributed by atoms with van der Waals surface area (Å²) >= 11 is 0. The lowest BCUT2D eigenvalue weighted by Crippen LogP contribution is -2.18. The van der Waals surface area contributed by atoms with Crippen LogP contribution in [0.3, 0.4) is 0 Å². The fraction of sp³-hybridized carbons (Fsp3) is 0.889. The van der Waals surface area contributed by atoms with E-state index in [0.717, 1.165) is 19.0 Å². The van der Waals surface area contributed by atoms with Gasteiger partial charge in [-0.05, 0) is 32.7 Å².